The van der Waals surface area contributed by atoms with E-state index in [0.29, 0.717) is 0 Å². The van der Waals surface area contributed by atoms with E-state index in [1.165, 1.54) is 25.4 Å². The molecule has 0 aliphatic rings. The number of carbonyl (C=O) groups excluding carboxylic acids is 2. The van der Waals surface area contributed by atoms with E-state index in [-0.39, 0.29) is 27.8 Å². The number of nitrogens with zero attached hydrogens (tertiary/aromatic N) is 2. The summed E-state index contributed by atoms with van der Waals surface area (Å²) in [6.45, 7) is -0.384. The predicted molar refractivity (Wildman–Crippen MR) is 84.9 cm³/mol. The molecule has 0 unspecified atom stereocenters. The van der Waals surface area contributed by atoms with Crippen LogP contribution in [0.1, 0.15) is 10.4 Å². The molecule has 23 heavy (non-hydrogen) atoms. The van der Waals surface area contributed by atoms with Crippen molar-refractivity contribution in [3.05, 3.63) is 56.4 Å². The van der Waals surface area contributed by atoms with Gasteiger partial charge in [0.05, 0.1) is 29.6 Å². The van der Waals surface area contributed by atoms with Crippen molar-refractivity contribution in [2.75, 3.05) is 12.4 Å². The first-order chi connectivity index (χ1) is 10.9. The van der Waals surface area contributed by atoms with Crippen LogP contribution in [0.15, 0.2) is 35.3 Å². The van der Waals surface area contributed by atoms with Crippen molar-refractivity contribution in [2.45, 2.75) is 6.54 Å². The molecular weight excluding hydrogens is 345 g/mol. The van der Waals surface area contributed by atoms with Gasteiger partial charge in [-0.05, 0) is 12.1 Å². The van der Waals surface area contributed by atoms with E-state index in [9.17, 15) is 14.4 Å². The lowest BCUT2D eigenvalue weighted by Crippen LogP contribution is -2.30. The molecule has 0 saturated heterocycles. The molecule has 2 rings (SSSR count). The Hall–Kier alpha value is -2.38. The fraction of sp³-hybridized carbons (Fsp3) is 0.143. The molecular formula is C14H11Cl2N3O4. The average molecular weight is 356 g/mol. The van der Waals surface area contributed by atoms with E-state index >= 15 is 0 Å². The Balaban J connectivity index is 2.20. The lowest BCUT2D eigenvalue weighted by atomic mass is 10.2. The number of aromatic nitrogens is 2. The van der Waals surface area contributed by atoms with Crippen molar-refractivity contribution < 1.29 is 14.3 Å². The van der Waals surface area contributed by atoms with Crippen molar-refractivity contribution in [3.63, 3.8) is 0 Å². The normalized spacial score (nSPS) is 10.2. The van der Waals surface area contributed by atoms with Crippen molar-refractivity contribution >= 4 is 40.8 Å². The molecule has 0 atom stereocenters. The van der Waals surface area contributed by atoms with E-state index in [1.54, 1.807) is 12.1 Å². The Labute approximate surface area is 140 Å². The molecule has 7 nitrogen and oxygen atoms in total. The monoisotopic (exact) mass is 355 g/mol. The third-order valence-electron chi connectivity index (χ3n) is 2.84. The molecule has 0 aliphatic carbocycles. The molecule has 1 aromatic carbocycles. The number of halogens is 2. The largest absolute Gasteiger partial charge is 0.465 e. The number of benzene rings is 1. The van der Waals surface area contributed by atoms with Gasteiger partial charge in [0.1, 0.15) is 11.6 Å². The zero-order valence-electron chi connectivity index (χ0n) is 11.9. The molecule has 1 amide bonds. The summed E-state index contributed by atoms with van der Waals surface area (Å²) in [5, 5.41) is 6.04. The summed E-state index contributed by atoms with van der Waals surface area (Å²) >= 11 is 11.4. The number of rotatable bonds is 4. The Morgan fingerprint density at radius 1 is 1.30 bits per heavy atom. The Morgan fingerprint density at radius 2 is 2.00 bits per heavy atom. The van der Waals surface area contributed by atoms with Crippen LogP contribution < -0.4 is 10.9 Å². The molecule has 0 aliphatic heterocycles. The van der Waals surface area contributed by atoms with Crippen LogP contribution >= 0.6 is 23.2 Å². The average Bonchev–Trinajstić information content (AvgIpc) is 2.55. The minimum atomic E-state index is -0.685. The lowest BCUT2D eigenvalue weighted by molar-refractivity contribution is -0.117. The molecule has 0 fully saturated rings. The van der Waals surface area contributed by atoms with Gasteiger partial charge in [0, 0.05) is 0 Å². The number of ether oxygens (including phenoxy) is 1. The van der Waals surface area contributed by atoms with Gasteiger partial charge in [0.25, 0.3) is 5.56 Å². The topological polar surface area (TPSA) is 90.3 Å². The molecule has 1 heterocycles. The SMILES string of the molecule is COC(=O)c1ccccc1NC(=O)Cn1ncc(Cl)c(Cl)c1=O. The Kier molecular flexibility index (Phi) is 5.36. The minimum Gasteiger partial charge on any atom is -0.465 e. The van der Waals surface area contributed by atoms with E-state index < -0.39 is 17.4 Å². The van der Waals surface area contributed by atoms with Gasteiger partial charge in [-0.25, -0.2) is 9.48 Å². The fourth-order valence-corrected chi connectivity index (χ4v) is 2.03. The molecule has 1 N–H and O–H groups in total. The first-order valence-electron chi connectivity index (χ1n) is 6.32. The van der Waals surface area contributed by atoms with Crippen molar-refractivity contribution in [2.24, 2.45) is 0 Å². The highest BCUT2D eigenvalue weighted by atomic mass is 35.5. The maximum atomic E-state index is 12.1. The molecule has 0 spiro atoms. The second-order valence-electron chi connectivity index (χ2n) is 4.35. The van der Waals surface area contributed by atoms with E-state index in [1.807, 2.05) is 0 Å². The Bertz CT molecular complexity index is 820. The van der Waals surface area contributed by atoms with Crippen LogP contribution in [-0.4, -0.2) is 28.8 Å². The van der Waals surface area contributed by atoms with Crippen LogP contribution in [-0.2, 0) is 16.1 Å². The second-order valence-corrected chi connectivity index (χ2v) is 5.14. The maximum Gasteiger partial charge on any atom is 0.339 e. The van der Waals surface area contributed by atoms with Crippen LogP contribution in [0.25, 0.3) is 0 Å². The zero-order chi connectivity index (χ0) is 17.0. The summed E-state index contributed by atoms with van der Waals surface area (Å²) in [6, 6.07) is 6.32. The molecule has 1 aromatic heterocycles. The van der Waals surface area contributed by atoms with E-state index in [2.05, 4.69) is 15.2 Å². The van der Waals surface area contributed by atoms with Crippen LogP contribution in [0.5, 0.6) is 0 Å². The summed E-state index contributed by atoms with van der Waals surface area (Å²) in [5.74, 6) is -1.15. The number of esters is 1. The van der Waals surface area contributed by atoms with Crippen LogP contribution in [0, 0.1) is 0 Å². The number of para-hydroxylation sites is 1. The van der Waals surface area contributed by atoms with Gasteiger partial charge in [-0.1, -0.05) is 35.3 Å². The third-order valence-corrected chi connectivity index (χ3v) is 3.59. The zero-order valence-corrected chi connectivity index (χ0v) is 13.4. The summed E-state index contributed by atoms with van der Waals surface area (Å²) in [7, 11) is 1.24. The van der Waals surface area contributed by atoms with Crippen LogP contribution in [0.3, 0.4) is 0 Å². The van der Waals surface area contributed by atoms with Crippen molar-refractivity contribution in [1.29, 1.82) is 0 Å². The van der Waals surface area contributed by atoms with Gasteiger partial charge in [-0.3, -0.25) is 9.59 Å². The van der Waals surface area contributed by atoms with Gasteiger partial charge >= 0.3 is 5.97 Å². The minimum absolute atomic E-state index is 0.00404. The van der Waals surface area contributed by atoms with Gasteiger partial charge in [0.15, 0.2) is 0 Å². The summed E-state index contributed by atoms with van der Waals surface area (Å²) in [5.41, 5.74) is -0.231. The number of nitrogens with one attached hydrogen (secondary N) is 1. The van der Waals surface area contributed by atoms with Crippen LogP contribution in [0.4, 0.5) is 5.69 Å². The quantitative estimate of drug-likeness (QED) is 0.846. The standard InChI is InChI=1S/C14H11Cl2N3O4/c1-23-14(22)8-4-2-3-5-10(8)18-11(20)7-19-13(21)12(16)9(15)6-17-19/h2-6H,7H2,1H3,(H,18,20). The highest BCUT2D eigenvalue weighted by molar-refractivity contribution is 6.41. The predicted octanol–water partition coefficient (Wildman–Crippen LogP) is 1.98. The molecule has 120 valence electrons. The van der Waals surface area contributed by atoms with E-state index in [4.69, 9.17) is 23.2 Å². The molecule has 0 bridgehead atoms. The summed E-state index contributed by atoms with van der Waals surface area (Å²) in [4.78, 5) is 35.5. The molecule has 9 heteroatoms. The van der Waals surface area contributed by atoms with Gasteiger partial charge in [0.2, 0.25) is 5.91 Å². The summed E-state index contributed by atoms with van der Waals surface area (Å²) in [6.07, 6.45) is 1.17. The number of amides is 1. The highest BCUT2D eigenvalue weighted by Crippen LogP contribution is 2.16. The fourth-order valence-electron chi connectivity index (χ4n) is 1.76. The lowest BCUT2D eigenvalue weighted by Gasteiger charge is -2.10. The number of methoxy groups -OCH3 is 1. The molecule has 2 aromatic rings. The van der Waals surface area contributed by atoms with Gasteiger partial charge in [-0.15, -0.1) is 0 Å². The first kappa shape index (κ1) is 17.0. The van der Waals surface area contributed by atoms with E-state index in [0.717, 1.165) is 4.68 Å². The molecule has 0 saturated carbocycles. The summed E-state index contributed by atoms with van der Waals surface area (Å²) < 4.78 is 5.50. The number of hydrogen-bond acceptors (Lipinski definition) is 5. The van der Waals surface area contributed by atoms with Gasteiger partial charge in [-0.2, -0.15) is 5.10 Å². The number of hydrogen-bond donors (Lipinski definition) is 1. The van der Waals surface area contributed by atoms with Crippen molar-refractivity contribution in [1.82, 2.24) is 9.78 Å². The maximum absolute atomic E-state index is 12.1. The van der Waals surface area contributed by atoms with Gasteiger partial charge < -0.3 is 10.1 Å². The second kappa shape index (κ2) is 7.26. The smallest absolute Gasteiger partial charge is 0.339 e. The first-order valence-corrected chi connectivity index (χ1v) is 7.08. The Morgan fingerprint density at radius 3 is 2.70 bits per heavy atom. The van der Waals surface area contributed by atoms with Crippen LogP contribution in [0.2, 0.25) is 10.0 Å². The molecule has 0 radical (unpaired) electrons. The number of anilines is 1. The highest BCUT2D eigenvalue weighted by Gasteiger charge is 2.15. The van der Waals surface area contributed by atoms with Crippen molar-refractivity contribution in [3.8, 4) is 0 Å². The number of carbonyl (C=O) groups is 2. The third kappa shape index (κ3) is 3.88.